The van der Waals surface area contributed by atoms with Gasteiger partial charge in [0.1, 0.15) is 16.5 Å². The van der Waals surface area contributed by atoms with E-state index in [0.29, 0.717) is 5.75 Å². The van der Waals surface area contributed by atoms with Crippen LogP contribution in [0.15, 0.2) is 75.9 Å². The van der Waals surface area contributed by atoms with Gasteiger partial charge >= 0.3 is 0 Å². The lowest BCUT2D eigenvalue weighted by Crippen LogP contribution is -2.01. The predicted octanol–water partition coefficient (Wildman–Crippen LogP) is 6.43. The van der Waals surface area contributed by atoms with Crippen LogP contribution < -0.4 is 9.47 Å². The zero-order valence-electron chi connectivity index (χ0n) is 18.0. The number of thioether (sulfide) groups is 1. The summed E-state index contributed by atoms with van der Waals surface area (Å²) in [6, 6.07) is 17.8. The van der Waals surface area contributed by atoms with Crippen molar-refractivity contribution in [2.24, 2.45) is 0 Å². The standard InChI is InChI=1S/C24H20N4O2S3/c1-29-19-9-7-18(8-10-19)28-22(20-5-3-4-6-21(20)30-2)26-27-24(28)33-15-17-14-32-23(25-17)16-11-12-31-13-16/h3-14H,15H2,1-2H3. The van der Waals surface area contributed by atoms with Crippen molar-refractivity contribution in [3.63, 3.8) is 0 Å². The molecule has 166 valence electrons. The Labute approximate surface area is 203 Å². The van der Waals surface area contributed by atoms with Crippen LogP contribution in [-0.4, -0.2) is 34.0 Å². The van der Waals surface area contributed by atoms with Crippen molar-refractivity contribution in [3.8, 4) is 39.1 Å². The molecule has 0 atom stereocenters. The summed E-state index contributed by atoms with van der Waals surface area (Å²) in [4.78, 5) is 4.80. The molecule has 0 aliphatic heterocycles. The lowest BCUT2D eigenvalue weighted by Gasteiger charge is -2.12. The second-order valence-electron chi connectivity index (χ2n) is 6.98. The van der Waals surface area contributed by atoms with Crippen LogP contribution in [0.4, 0.5) is 0 Å². The molecule has 5 rings (SSSR count). The number of benzene rings is 2. The maximum atomic E-state index is 5.59. The Morgan fingerprint density at radius 2 is 1.79 bits per heavy atom. The van der Waals surface area contributed by atoms with Gasteiger partial charge in [-0.2, -0.15) is 11.3 Å². The highest BCUT2D eigenvalue weighted by Crippen LogP contribution is 2.35. The number of para-hydroxylation sites is 1. The van der Waals surface area contributed by atoms with Gasteiger partial charge in [-0.05, 0) is 47.8 Å². The van der Waals surface area contributed by atoms with Gasteiger partial charge < -0.3 is 9.47 Å². The van der Waals surface area contributed by atoms with Crippen molar-refractivity contribution < 1.29 is 9.47 Å². The van der Waals surface area contributed by atoms with E-state index in [1.54, 1.807) is 48.7 Å². The Bertz CT molecular complexity index is 1340. The maximum absolute atomic E-state index is 5.59. The Morgan fingerprint density at radius 3 is 2.55 bits per heavy atom. The van der Waals surface area contributed by atoms with Crippen LogP contribution in [0.2, 0.25) is 0 Å². The Kier molecular flexibility index (Phi) is 6.43. The van der Waals surface area contributed by atoms with Crippen LogP contribution in [0.3, 0.4) is 0 Å². The molecule has 0 aliphatic carbocycles. The van der Waals surface area contributed by atoms with E-state index < -0.39 is 0 Å². The molecular formula is C24H20N4O2S3. The molecule has 0 amide bonds. The normalized spacial score (nSPS) is 11.0. The van der Waals surface area contributed by atoms with Gasteiger partial charge in [0.05, 0.1) is 31.2 Å². The van der Waals surface area contributed by atoms with E-state index in [2.05, 4.69) is 32.4 Å². The van der Waals surface area contributed by atoms with E-state index in [0.717, 1.165) is 44.4 Å². The first-order valence-electron chi connectivity index (χ1n) is 10.1. The quantitative estimate of drug-likeness (QED) is 0.233. The van der Waals surface area contributed by atoms with Crippen LogP contribution in [0.25, 0.3) is 27.6 Å². The van der Waals surface area contributed by atoms with Crippen molar-refractivity contribution in [1.82, 2.24) is 19.7 Å². The Hall–Kier alpha value is -3.14. The molecule has 0 saturated carbocycles. The smallest absolute Gasteiger partial charge is 0.196 e. The summed E-state index contributed by atoms with van der Waals surface area (Å²) in [5.74, 6) is 2.96. The topological polar surface area (TPSA) is 62.1 Å². The van der Waals surface area contributed by atoms with Crippen molar-refractivity contribution in [2.75, 3.05) is 14.2 Å². The van der Waals surface area contributed by atoms with E-state index in [9.17, 15) is 0 Å². The molecule has 0 bridgehead atoms. The largest absolute Gasteiger partial charge is 0.497 e. The molecule has 0 saturated heterocycles. The van der Waals surface area contributed by atoms with Gasteiger partial charge in [-0.1, -0.05) is 23.9 Å². The SMILES string of the molecule is COc1ccc(-n2c(SCc3csc(-c4ccsc4)n3)nnc2-c2ccccc2OC)cc1. The van der Waals surface area contributed by atoms with Gasteiger partial charge in [0.15, 0.2) is 11.0 Å². The lowest BCUT2D eigenvalue weighted by atomic mass is 10.2. The zero-order chi connectivity index (χ0) is 22.6. The van der Waals surface area contributed by atoms with Crippen molar-refractivity contribution in [2.45, 2.75) is 10.9 Å². The molecule has 0 radical (unpaired) electrons. The first-order valence-corrected chi connectivity index (χ1v) is 12.9. The molecule has 3 aromatic heterocycles. The molecule has 33 heavy (non-hydrogen) atoms. The minimum Gasteiger partial charge on any atom is -0.497 e. The van der Waals surface area contributed by atoms with E-state index in [1.807, 2.05) is 53.1 Å². The van der Waals surface area contributed by atoms with E-state index in [4.69, 9.17) is 14.5 Å². The monoisotopic (exact) mass is 492 g/mol. The summed E-state index contributed by atoms with van der Waals surface area (Å²) >= 11 is 4.95. The molecule has 0 spiro atoms. The minimum atomic E-state index is 0.695. The number of methoxy groups -OCH3 is 2. The van der Waals surface area contributed by atoms with Gasteiger partial charge in [0, 0.05) is 22.1 Å². The fourth-order valence-corrected chi connectivity index (χ4v) is 5.84. The molecule has 6 nitrogen and oxygen atoms in total. The third-order valence-electron chi connectivity index (χ3n) is 4.98. The number of hydrogen-bond acceptors (Lipinski definition) is 8. The van der Waals surface area contributed by atoms with Crippen molar-refractivity contribution in [1.29, 1.82) is 0 Å². The third-order valence-corrected chi connectivity index (χ3v) is 7.57. The lowest BCUT2D eigenvalue weighted by molar-refractivity contribution is 0.414. The van der Waals surface area contributed by atoms with Crippen LogP contribution in [-0.2, 0) is 5.75 Å². The molecule has 3 heterocycles. The summed E-state index contributed by atoms with van der Waals surface area (Å²) in [6.07, 6.45) is 0. The Morgan fingerprint density at radius 1 is 0.939 bits per heavy atom. The average molecular weight is 493 g/mol. The minimum absolute atomic E-state index is 0.695. The summed E-state index contributed by atoms with van der Waals surface area (Å²) < 4.78 is 13.0. The van der Waals surface area contributed by atoms with Crippen LogP contribution in [0.1, 0.15) is 5.69 Å². The van der Waals surface area contributed by atoms with Crippen LogP contribution >= 0.6 is 34.4 Å². The van der Waals surface area contributed by atoms with Gasteiger partial charge in [0.2, 0.25) is 0 Å². The maximum Gasteiger partial charge on any atom is 0.196 e. The van der Waals surface area contributed by atoms with E-state index >= 15 is 0 Å². The highest BCUT2D eigenvalue weighted by Gasteiger charge is 2.19. The van der Waals surface area contributed by atoms with E-state index in [1.165, 1.54) is 5.56 Å². The second-order valence-corrected chi connectivity index (χ2v) is 9.57. The summed E-state index contributed by atoms with van der Waals surface area (Å²) in [6.45, 7) is 0. The van der Waals surface area contributed by atoms with Gasteiger partial charge in [-0.3, -0.25) is 4.57 Å². The highest BCUT2D eigenvalue weighted by atomic mass is 32.2. The zero-order valence-corrected chi connectivity index (χ0v) is 20.4. The number of nitrogens with zero attached hydrogens (tertiary/aromatic N) is 4. The Balaban J connectivity index is 1.49. The summed E-state index contributed by atoms with van der Waals surface area (Å²) in [5.41, 5.74) is 4.01. The fraction of sp³-hybridized carbons (Fsp3) is 0.125. The molecule has 9 heteroatoms. The summed E-state index contributed by atoms with van der Waals surface area (Å²) in [5, 5.41) is 17.2. The molecule has 5 aromatic rings. The third kappa shape index (κ3) is 4.52. The highest BCUT2D eigenvalue weighted by molar-refractivity contribution is 7.98. The molecule has 2 aromatic carbocycles. The molecule has 0 unspecified atom stereocenters. The number of hydrogen-bond donors (Lipinski definition) is 0. The first-order chi connectivity index (χ1) is 16.3. The first kappa shape index (κ1) is 21.7. The molecule has 0 aliphatic rings. The number of thiazole rings is 1. The van der Waals surface area contributed by atoms with Gasteiger partial charge in [0.25, 0.3) is 0 Å². The van der Waals surface area contributed by atoms with Crippen molar-refractivity contribution in [3.05, 3.63) is 76.4 Å². The van der Waals surface area contributed by atoms with Gasteiger partial charge in [-0.15, -0.1) is 21.5 Å². The molecule has 0 N–H and O–H groups in total. The van der Waals surface area contributed by atoms with Crippen LogP contribution in [0, 0.1) is 0 Å². The van der Waals surface area contributed by atoms with Gasteiger partial charge in [-0.25, -0.2) is 4.98 Å². The number of thiophene rings is 1. The van der Waals surface area contributed by atoms with E-state index in [-0.39, 0.29) is 0 Å². The summed E-state index contributed by atoms with van der Waals surface area (Å²) in [7, 11) is 3.32. The number of rotatable bonds is 8. The second kappa shape index (κ2) is 9.78. The fourth-order valence-electron chi connectivity index (χ4n) is 3.36. The van der Waals surface area contributed by atoms with Crippen LogP contribution in [0.5, 0.6) is 11.5 Å². The predicted molar refractivity (Wildman–Crippen MR) is 135 cm³/mol. The molecule has 0 fully saturated rings. The van der Waals surface area contributed by atoms with Crippen molar-refractivity contribution >= 4 is 34.4 Å². The number of aromatic nitrogens is 4. The molecular weight excluding hydrogens is 472 g/mol. The number of ether oxygens (including phenoxy) is 2. The average Bonchev–Trinajstić information content (AvgIpc) is 3.63.